The Bertz CT molecular complexity index is 884. The van der Waals surface area contributed by atoms with Gasteiger partial charge in [0.2, 0.25) is 5.91 Å². The molecular formula is C23H33BN2O6. The standard InChI is InChI=1S/C23H33BN2O6/c1-6-7-12-30-19(27)11-10-18(20(25)28)26-14-15-13-16(8-9-17(15)21(26)29)24-31-22(2,3)23(4,5)32-24/h8-9,13,18H,6-7,10-12,14H2,1-5H3,(H2,25,28)/t18-/m0/s1. The number of fused-ring (bicyclic) bond motifs is 1. The molecule has 3 rings (SSSR count). The summed E-state index contributed by atoms with van der Waals surface area (Å²) in [6.45, 7) is 10.5. The molecule has 0 radical (unpaired) electrons. The minimum atomic E-state index is -0.881. The molecule has 1 aromatic rings. The fourth-order valence-electron chi connectivity index (χ4n) is 3.85. The molecule has 2 amide bonds. The highest BCUT2D eigenvalue weighted by molar-refractivity contribution is 6.62. The zero-order valence-corrected chi connectivity index (χ0v) is 19.6. The minimum Gasteiger partial charge on any atom is -0.466 e. The number of carbonyl (C=O) groups excluding carboxylic acids is 3. The van der Waals surface area contributed by atoms with Gasteiger partial charge >= 0.3 is 13.1 Å². The van der Waals surface area contributed by atoms with E-state index < -0.39 is 36.2 Å². The quantitative estimate of drug-likeness (QED) is 0.354. The van der Waals surface area contributed by atoms with Gasteiger partial charge in [0.15, 0.2) is 0 Å². The Morgan fingerprint density at radius 3 is 2.47 bits per heavy atom. The van der Waals surface area contributed by atoms with Gasteiger partial charge in [-0.2, -0.15) is 0 Å². The van der Waals surface area contributed by atoms with Gasteiger partial charge in [0.1, 0.15) is 6.04 Å². The number of hydrogen-bond acceptors (Lipinski definition) is 6. The second-order valence-corrected chi connectivity index (χ2v) is 9.47. The third-order valence-corrected chi connectivity index (χ3v) is 6.57. The van der Waals surface area contributed by atoms with Gasteiger partial charge in [-0.25, -0.2) is 0 Å². The largest absolute Gasteiger partial charge is 0.494 e. The molecule has 0 saturated carbocycles. The summed E-state index contributed by atoms with van der Waals surface area (Å²) in [5.41, 5.74) is 6.75. The van der Waals surface area contributed by atoms with E-state index in [1.165, 1.54) is 4.90 Å². The Morgan fingerprint density at radius 1 is 1.22 bits per heavy atom. The number of carbonyl (C=O) groups is 3. The fraction of sp³-hybridized carbons (Fsp3) is 0.609. The van der Waals surface area contributed by atoms with Crippen LogP contribution in [0, 0.1) is 0 Å². The van der Waals surface area contributed by atoms with Crippen LogP contribution in [0.4, 0.5) is 0 Å². The molecule has 0 bridgehead atoms. The van der Waals surface area contributed by atoms with Gasteiger partial charge in [0.05, 0.1) is 17.8 Å². The molecule has 1 saturated heterocycles. The van der Waals surface area contributed by atoms with E-state index in [9.17, 15) is 14.4 Å². The van der Waals surface area contributed by atoms with Crippen LogP contribution in [0.1, 0.15) is 76.2 Å². The predicted octanol–water partition coefficient (Wildman–Crippen LogP) is 1.92. The number of amides is 2. The van der Waals surface area contributed by atoms with E-state index >= 15 is 0 Å². The number of unbranched alkanes of at least 4 members (excludes halogenated alkanes) is 1. The Labute approximate surface area is 189 Å². The van der Waals surface area contributed by atoms with Crippen molar-refractivity contribution in [3.63, 3.8) is 0 Å². The topological polar surface area (TPSA) is 108 Å². The number of nitrogens with zero attached hydrogens (tertiary/aromatic N) is 1. The summed E-state index contributed by atoms with van der Waals surface area (Å²) in [6.07, 6.45) is 1.86. The first-order valence-electron chi connectivity index (χ1n) is 11.2. The average molecular weight is 444 g/mol. The third kappa shape index (κ3) is 4.83. The van der Waals surface area contributed by atoms with Crippen molar-refractivity contribution in [1.82, 2.24) is 4.90 Å². The van der Waals surface area contributed by atoms with Gasteiger partial charge < -0.3 is 24.7 Å². The maximum atomic E-state index is 13.0. The summed E-state index contributed by atoms with van der Waals surface area (Å²) in [7, 11) is -0.542. The average Bonchev–Trinajstić information content (AvgIpc) is 3.14. The van der Waals surface area contributed by atoms with Crippen molar-refractivity contribution >= 4 is 30.4 Å². The Morgan fingerprint density at radius 2 is 1.88 bits per heavy atom. The lowest BCUT2D eigenvalue weighted by atomic mass is 9.78. The van der Waals surface area contributed by atoms with Crippen LogP contribution in [0.3, 0.4) is 0 Å². The lowest BCUT2D eigenvalue weighted by Gasteiger charge is -2.32. The second-order valence-electron chi connectivity index (χ2n) is 9.47. The van der Waals surface area contributed by atoms with E-state index in [-0.39, 0.29) is 25.3 Å². The van der Waals surface area contributed by atoms with E-state index in [1.54, 1.807) is 6.07 Å². The highest BCUT2D eigenvalue weighted by Crippen LogP contribution is 2.37. The molecule has 2 N–H and O–H groups in total. The van der Waals surface area contributed by atoms with Crippen LogP contribution in [0.25, 0.3) is 0 Å². The number of esters is 1. The van der Waals surface area contributed by atoms with Gasteiger partial charge in [-0.3, -0.25) is 14.4 Å². The molecule has 32 heavy (non-hydrogen) atoms. The van der Waals surface area contributed by atoms with Gasteiger partial charge in [-0.1, -0.05) is 25.5 Å². The summed E-state index contributed by atoms with van der Waals surface area (Å²) in [6, 6.07) is 4.54. The van der Waals surface area contributed by atoms with Crippen molar-refractivity contribution < 1.29 is 28.4 Å². The molecular weight excluding hydrogens is 411 g/mol. The molecule has 1 atom stereocenters. The zero-order valence-electron chi connectivity index (χ0n) is 19.6. The van der Waals surface area contributed by atoms with Crippen LogP contribution in [-0.2, 0) is 30.2 Å². The van der Waals surface area contributed by atoms with Crippen LogP contribution in [-0.4, -0.2) is 53.7 Å². The number of nitrogens with two attached hydrogens (primary N) is 1. The van der Waals surface area contributed by atoms with Crippen LogP contribution in [0.5, 0.6) is 0 Å². The number of ether oxygens (including phenoxy) is 1. The molecule has 0 aromatic heterocycles. The Balaban J connectivity index is 1.70. The monoisotopic (exact) mass is 444 g/mol. The first-order valence-corrected chi connectivity index (χ1v) is 11.2. The van der Waals surface area contributed by atoms with Gasteiger partial charge in [0.25, 0.3) is 5.91 Å². The molecule has 0 unspecified atom stereocenters. The van der Waals surface area contributed by atoms with E-state index in [4.69, 9.17) is 19.8 Å². The molecule has 0 spiro atoms. The summed E-state index contributed by atoms with van der Waals surface area (Å²) in [5, 5.41) is 0. The predicted molar refractivity (Wildman–Crippen MR) is 120 cm³/mol. The number of hydrogen-bond donors (Lipinski definition) is 1. The van der Waals surface area contributed by atoms with Crippen LogP contribution < -0.4 is 11.2 Å². The summed E-state index contributed by atoms with van der Waals surface area (Å²) >= 11 is 0. The van der Waals surface area contributed by atoms with Crippen molar-refractivity contribution in [3.05, 3.63) is 29.3 Å². The molecule has 9 heteroatoms. The highest BCUT2D eigenvalue weighted by Gasteiger charge is 2.52. The van der Waals surface area contributed by atoms with E-state index in [0.717, 1.165) is 23.9 Å². The lowest BCUT2D eigenvalue weighted by Crippen LogP contribution is -2.45. The number of primary amides is 1. The molecule has 2 heterocycles. The van der Waals surface area contributed by atoms with Gasteiger partial charge in [-0.15, -0.1) is 0 Å². The first-order chi connectivity index (χ1) is 15.0. The smallest absolute Gasteiger partial charge is 0.466 e. The zero-order chi connectivity index (χ0) is 23.7. The molecule has 1 aromatic carbocycles. The molecule has 1 fully saturated rings. The van der Waals surface area contributed by atoms with Crippen molar-refractivity contribution in [2.75, 3.05) is 6.61 Å². The summed E-state index contributed by atoms with van der Waals surface area (Å²) in [4.78, 5) is 38.5. The third-order valence-electron chi connectivity index (χ3n) is 6.57. The summed E-state index contributed by atoms with van der Waals surface area (Å²) in [5.74, 6) is -1.31. The van der Waals surface area contributed by atoms with Crippen molar-refractivity contribution in [2.45, 2.75) is 84.1 Å². The first kappa shape index (κ1) is 24.3. The Hall–Kier alpha value is -2.39. The van der Waals surface area contributed by atoms with Gasteiger partial charge in [-0.05, 0) is 57.6 Å². The number of rotatable bonds is 9. The van der Waals surface area contributed by atoms with E-state index in [0.29, 0.717) is 12.2 Å². The Kier molecular flexibility index (Phi) is 7.00. The highest BCUT2D eigenvalue weighted by atomic mass is 16.7. The maximum absolute atomic E-state index is 13.0. The molecule has 2 aliphatic rings. The van der Waals surface area contributed by atoms with E-state index in [1.807, 2.05) is 46.8 Å². The van der Waals surface area contributed by atoms with Crippen molar-refractivity contribution in [1.29, 1.82) is 0 Å². The van der Waals surface area contributed by atoms with Crippen LogP contribution in [0.15, 0.2) is 18.2 Å². The van der Waals surface area contributed by atoms with Crippen LogP contribution in [0.2, 0.25) is 0 Å². The summed E-state index contributed by atoms with van der Waals surface area (Å²) < 4.78 is 17.4. The molecule has 174 valence electrons. The SMILES string of the molecule is CCCCOC(=O)CC[C@@H](C(N)=O)N1Cc2cc(B3OC(C)(C)C(C)(C)O3)ccc2C1=O. The lowest BCUT2D eigenvalue weighted by molar-refractivity contribution is -0.144. The normalized spacial score (nSPS) is 19.7. The van der Waals surface area contributed by atoms with Gasteiger partial charge in [0, 0.05) is 18.5 Å². The molecule has 0 aliphatic carbocycles. The van der Waals surface area contributed by atoms with E-state index in [2.05, 4.69) is 0 Å². The minimum absolute atomic E-state index is 0.0244. The van der Waals surface area contributed by atoms with Crippen LogP contribution >= 0.6 is 0 Å². The molecule has 2 aliphatic heterocycles. The fourth-order valence-corrected chi connectivity index (χ4v) is 3.85. The van der Waals surface area contributed by atoms with Crippen molar-refractivity contribution in [3.8, 4) is 0 Å². The maximum Gasteiger partial charge on any atom is 0.494 e. The number of benzene rings is 1. The molecule has 8 nitrogen and oxygen atoms in total. The van der Waals surface area contributed by atoms with Crippen molar-refractivity contribution in [2.24, 2.45) is 5.73 Å². The second kappa shape index (κ2) is 9.23.